The lowest BCUT2D eigenvalue weighted by atomic mass is 10.3. The van der Waals surface area contributed by atoms with E-state index in [1.165, 1.54) is 11.7 Å². The number of methoxy groups -OCH3 is 1. The van der Waals surface area contributed by atoms with Crippen molar-refractivity contribution in [1.82, 2.24) is 9.55 Å². The molecule has 0 fully saturated rings. The number of rotatable bonds is 1. The molecule has 0 spiro atoms. The summed E-state index contributed by atoms with van der Waals surface area (Å²) in [6, 6.07) is 1.59. The number of H-pyrrole nitrogens is 1. The first-order valence-corrected chi connectivity index (χ1v) is 5.30. The Balaban J connectivity index is 2.80. The monoisotopic (exact) mass is 284 g/mol. The molecule has 0 bridgehead atoms. The molecular formula is C10H9BrN2O3. The molecule has 0 aliphatic carbocycles. The van der Waals surface area contributed by atoms with E-state index in [9.17, 15) is 9.59 Å². The maximum absolute atomic E-state index is 11.8. The molecule has 16 heavy (non-hydrogen) atoms. The Morgan fingerprint density at radius 2 is 2.25 bits per heavy atom. The van der Waals surface area contributed by atoms with Gasteiger partial charge in [-0.15, -0.1) is 0 Å². The van der Waals surface area contributed by atoms with E-state index in [1.54, 1.807) is 19.3 Å². The molecule has 0 radical (unpaired) electrons. The summed E-state index contributed by atoms with van der Waals surface area (Å²) >= 11 is 3.33. The van der Waals surface area contributed by atoms with Crippen molar-refractivity contribution in [3.05, 3.63) is 32.8 Å². The number of fused-ring (bicyclic) bond motifs is 1. The summed E-state index contributed by atoms with van der Waals surface area (Å²) in [4.78, 5) is 25.8. The van der Waals surface area contributed by atoms with E-state index >= 15 is 0 Å². The van der Waals surface area contributed by atoms with Crippen LogP contribution in [0.5, 0.6) is 0 Å². The molecule has 0 saturated carbocycles. The Hall–Kier alpha value is -1.56. The molecule has 0 aliphatic heterocycles. The molecule has 2 aromatic heterocycles. The van der Waals surface area contributed by atoms with E-state index in [0.29, 0.717) is 10.9 Å². The Morgan fingerprint density at radius 3 is 2.88 bits per heavy atom. The smallest absolute Gasteiger partial charge is 0.354 e. The third-order valence-corrected chi connectivity index (χ3v) is 2.95. The van der Waals surface area contributed by atoms with Crippen LogP contribution >= 0.6 is 15.9 Å². The number of aryl methyl sites for hydroxylation is 1. The van der Waals surface area contributed by atoms with Gasteiger partial charge >= 0.3 is 5.97 Å². The number of esters is 1. The topological polar surface area (TPSA) is 64.1 Å². The molecule has 5 nitrogen and oxygen atoms in total. The van der Waals surface area contributed by atoms with E-state index in [1.807, 2.05) is 0 Å². The molecule has 2 rings (SSSR count). The zero-order valence-corrected chi connectivity index (χ0v) is 10.3. The van der Waals surface area contributed by atoms with Crippen molar-refractivity contribution in [2.24, 2.45) is 7.05 Å². The van der Waals surface area contributed by atoms with Crippen molar-refractivity contribution in [1.29, 1.82) is 0 Å². The summed E-state index contributed by atoms with van der Waals surface area (Å²) < 4.78 is 6.76. The first kappa shape index (κ1) is 10.9. The lowest BCUT2D eigenvalue weighted by Gasteiger charge is -1.98. The second kappa shape index (κ2) is 3.79. The third kappa shape index (κ3) is 1.55. The number of nitrogens with one attached hydrogen (secondary N) is 1. The molecule has 0 unspecified atom stereocenters. The predicted molar refractivity (Wildman–Crippen MR) is 62.6 cm³/mol. The first-order chi connectivity index (χ1) is 7.54. The second-order valence-electron chi connectivity index (χ2n) is 3.36. The van der Waals surface area contributed by atoms with Gasteiger partial charge in [0, 0.05) is 23.1 Å². The molecule has 84 valence electrons. The molecule has 2 heterocycles. The van der Waals surface area contributed by atoms with Crippen molar-refractivity contribution in [3.8, 4) is 0 Å². The van der Waals surface area contributed by atoms with E-state index in [0.717, 1.165) is 4.47 Å². The van der Waals surface area contributed by atoms with Crippen LogP contribution in [0.3, 0.4) is 0 Å². The zero-order chi connectivity index (χ0) is 11.9. The van der Waals surface area contributed by atoms with Crippen molar-refractivity contribution < 1.29 is 9.53 Å². The summed E-state index contributed by atoms with van der Waals surface area (Å²) in [7, 11) is 2.94. The lowest BCUT2D eigenvalue weighted by Crippen LogP contribution is -2.16. The number of hydrogen-bond acceptors (Lipinski definition) is 3. The highest BCUT2D eigenvalue weighted by atomic mass is 79.9. The fraction of sp³-hybridized carbons (Fsp3) is 0.200. The van der Waals surface area contributed by atoms with Gasteiger partial charge in [0.05, 0.1) is 7.11 Å². The van der Waals surface area contributed by atoms with Crippen LogP contribution in [0.4, 0.5) is 0 Å². The van der Waals surface area contributed by atoms with E-state index in [-0.39, 0.29) is 11.3 Å². The highest BCUT2D eigenvalue weighted by molar-refractivity contribution is 9.10. The summed E-state index contributed by atoms with van der Waals surface area (Å²) in [5.74, 6) is -0.495. The van der Waals surface area contributed by atoms with Crippen LogP contribution < -0.4 is 5.56 Å². The van der Waals surface area contributed by atoms with E-state index < -0.39 is 5.97 Å². The molecule has 2 aromatic rings. The highest BCUT2D eigenvalue weighted by Gasteiger charge is 2.14. The summed E-state index contributed by atoms with van der Waals surface area (Å²) in [6.07, 6.45) is 1.65. The quantitative estimate of drug-likeness (QED) is 0.806. The molecule has 6 heteroatoms. The molecule has 1 N–H and O–H groups in total. The lowest BCUT2D eigenvalue weighted by molar-refractivity contribution is 0.0595. The van der Waals surface area contributed by atoms with Gasteiger partial charge < -0.3 is 14.3 Å². The van der Waals surface area contributed by atoms with Gasteiger partial charge in [-0.2, -0.15) is 0 Å². The molecular weight excluding hydrogens is 276 g/mol. The first-order valence-electron chi connectivity index (χ1n) is 4.50. The van der Waals surface area contributed by atoms with Crippen molar-refractivity contribution >= 4 is 32.8 Å². The number of pyridine rings is 1. The maximum atomic E-state index is 11.8. The summed E-state index contributed by atoms with van der Waals surface area (Å²) in [5.41, 5.74) is 0.465. The van der Waals surface area contributed by atoms with E-state index in [4.69, 9.17) is 0 Å². The number of halogens is 1. The van der Waals surface area contributed by atoms with Gasteiger partial charge in [-0.25, -0.2) is 4.79 Å². The van der Waals surface area contributed by atoms with Crippen LogP contribution in [0.15, 0.2) is 21.5 Å². The fourth-order valence-electron chi connectivity index (χ4n) is 1.51. The number of aromatic nitrogens is 2. The number of carbonyl (C=O) groups is 1. The van der Waals surface area contributed by atoms with Crippen LogP contribution in [0.25, 0.3) is 10.9 Å². The molecule has 0 aromatic carbocycles. The standard InChI is InChI=1S/C10H9BrN2O3/c1-13-4-6(11)5-3-7(10(15)16-2)12-8(5)9(13)14/h3-4,12H,1-2H3. The predicted octanol–water partition coefficient (Wildman–Crippen LogP) is 1.42. The van der Waals surface area contributed by atoms with Gasteiger partial charge in [-0.3, -0.25) is 4.79 Å². The summed E-state index contributed by atoms with van der Waals surface area (Å²) in [6.45, 7) is 0. The van der Waals surface area contributed by atoms with Gasteiger partial charge in [0.2, 0.25) is 0 Å². The Bertz CT molecular complexity index is 627. The van der Waals surface area contributed by atoms with Crippen LogP contribution in [0.2, 0.25) is 0 Å². The molecule has 0 amide bonds. The number of aromatic amines is 1. The van der Waals surface area contributed by atoms with Crippen molar-refractivity contribution in [2.45, 2.75) is 0 Å². The minimum atomic E-state index is -0.495. The number of ether oxygens (including phenoxy) is 1. The molecule has 0 saturated heterocycles. The van der Waals surface area contributed by atoms with E-state index in [2.05, 4.69) is 25.7 Å². The van der Waals surface area contributed by atoms with Crippen LogP contribution in [-0.2, 0) is 11.8 Å². The van der Waals surface area contributed by atoms with Gasteiger partial charge in [-0.05, 0) is 22.0 Å². The normalized spacial score (nSPS) is 10.7. The average Bonchev–Trinajstić information content (AvgIpc) is 2.70. The Morgan fingerprint density at radius 1 is 1.56 bits per heavy atom. The number of carbonyl (C=O) groups excluding carboxylic acids is 1. The number of hydrogen-bond donors (Lipinski definition) is 1. The summed E-state index contributed by atoms with van der Waals surface area (Å²) in [5, 5.41) is 0.670. The third-order valence-electron chi connectivity index (χ3n) is 2.32. The minimum absolute atomic E-state index is 0.187. The molecule has 0 atom stereocenters. The fourth-order valence-corrected chi connectivity index (χ4v) is 2.13. The Kier molecular flexibility index (Phi) is 2.59. The maximum Gasteiger partial charge on any atom is 0.354 e. The highest BCUT2D eigenvalue weighted by Crippen LogP contribution is 2.22. The second-order valence-corrected chi connectivity index (χ2v) is 4.21. The Labute approximate surface area is 99.2 Å². The zero-order valence-electron chi connectivity index (χ0n) is 8.70. The molecule has 0 aliphatic rings. The van der Waals surface area contributed by atoms with Gasteiger partial charge in [-0.1, -0.05) is 0 Å². The van der Waals surface area contributed by atoms with Crippen molar-refractivity contribution in [3.63, 3.8) is 0 Å². The minimum Gasteiger partial charge on any atom is -0.464 e. The number of nitrogens with zero attached hydrogens (tertiary/aromatic N) is 1. The average molecular weight is 285 g/mol. The largest absolute Gasteiger partial charge is 0.464 e. The van der Waals surface area contributed by atoms with Gasteiger partial charge in [0.15, 0.2) is 0 Å². The van der Waals surface area contributed by atoms with Gasteiger partial charge in [0.1, 0.15) is 11.2 Å². The van der Waals surface area contributed by atoms with Crippen LogP contribution in [0.1, 0.15) is 10.5 Å². The van der Waals surface area contributed by atoms with Crippen LogP contribution in [0, 0.1) is 0 Å². The van der Waals surface area contributed by atoms with Crippen molar-refractivity contribution in [2.75, 3.05) is 7.11 Å². The van der Waals surface area contributed by atoms with Crippen LogP contribution in [-0.4, -0.2) is 22.6 Å². The SMILES string of the molecule is COC(=O)c1cc2c(Br)cn(C)c(=O)c2[nH]1. The van der Waals surface area contributed by atoms with Gasteiger partial charge in [0.25, 0.3) is 5.56 Å².